The summed E-state index contributed by atoms with van der Waals surface area (Å²) in [5.74, 6) is -0.250. The van der Waals surface area contributed by atoms with Crippen molar-refractivity contribution in [1.29, 1.82) is 0 Å². The second kappa shape index (κ2) is 4.51. The van der Waals surface area contributed by atoms with Crippen molar-refractivity contribution in [2.75, 3.05) is 0 Å². The van der Waals surface area contributed by atoms with Crippen LogP contribution in [0.1, 0.15) is 19.8 Å². The summed E-state index contributed by atoms with van der Waals surface area (Å²) in [6.07, 6.45) is -0.786. The second-order valence-electron chi connectivity index (χ2n) is 2.38. The van der Waals surface area contributed by atoms with Gasteiger partial charge in [-0.25, -0.2) is 0 Å². The minimum atomic E-state index is -1.54. The van der Waals surface area contributed by atoms with Gasteiger partial charge in [0.2, 0.25) is 0 Å². The minimum Gasteiger partial charge on any atom is -0.393 e. The number of carbonyl (C=O) groups excluding carboxylic acids is 1. The number of ketones is 1. The fourth-order valence-electron chi connectivity index (χ4n) is 0.625. The Morgan fingerprint density at radius 3 is 2.27 bits per heavy atom. The van der Waals surface area contributed by atoms with Crippen LogP contribution in [0.5, 0.6) is 0 Å². The quantitative estimate of drug-likeness (QED) is 0.738. The lowest BCUT2D eigenvalue weighted by atomic mass is 10.1. The Balaban J connectivity index is 3.71. The summed E-state index contributed by atoms with van der Waals surface area (Å²) < 4.78 is -1.54. The van der Waals surface area contributed by atoms with Gasteiger partial charge in [-0.1, -0.05) is 34.8 Å². The molecule has 0 saturated heterocycles. The van der Waals surface area contributed by atoms with E-state index < -0.39 is 9.90 Å². The summed E-state index contributed by atoms with van der Waals surface area (Å²) in [5.41, 5.74) is 0. The van der Waals surface area contributed by atoms with Crippen molar-refractivity contribution < 1.29 is 9.90 Å². The maximum Gasteiger partial charge on any atom is 0.197 e. The zero-order chi connectivity index (χ0) is 9.07. The van der Waals surface area contributed by atoms with Crippen molar-refractivity contribution in [3.8, 4) is 0 Å². The van der Waals surface area contributed by atoms with Crippen LogP contribution in [0.25, 0.3) is 0 Å². The minimum absolute atomic E-state index is 0.0356. The maximum atomic E-state index is 10.9. The fourth-order valence-corrected chi connectivity index (χ4v) is 1.07. The lowest BCUT2D eigenvalue weighted by molar-refractivity contribution is -0.120. The SMILES string of the molecule is CC(O)CC(=O)CC(Cl)(Cl)Cl. The first-order chi connectivity index (χ1) is 4.81. The highest BCUT2D eigenvalue weighted by molar-refractivity contribution is 6.68. The number of Topliss-reactive ketones (excluding diaryl/α,β-unsaturated/α-hetero) is 1. The first-order valence-electron chi connectivity index (χ1n) is 3.08. The van der Waals surface area contributed by atoms with Crippen LogP contribution in [-0.4, -0.2) is 20.8 Å². The van der Waals surface area contributed by atoms with Crippen LogP contribution < -0.4 is 0 Å². The third-order valence-electron chi connectivity index (χ3n) is 0.921. The summed E-state index contributed by atoms with van der Waals surface area (Å²) in [4.78, 5) is 10.9. The molecule has 0 aliphatic carbocycles. The molecular weight excluding hydrogens is 210 g/mol. The maximum absolute atomic E-state index is 10.9. The molecule has 0 fully saturated rings. The number of carbonyl (C=O) groups is 1. The summed E-state index contributed by atoms with van der Waals surface area (Å²) >= 11 is 16.0. The number of aliphatic hydroxyl groups excluding tert-OH is 1. The molecule has 1 unspecified atom stereocenters. The van der Waals surface area contributed by atoms with Crippen LogP contribution in [0.4, 0.5) is 0 Å². The van der Waals surface area contributed by atoms with E-state index in [0.717, 1.165) is 0 Å². The summed E-state index contributed by atoms with van der Waals surface area (Å²) in [7, 11) is 0. The average Bonchev–Trinajstić information content (AvgIpc) is 1.53. The van der Waals surface area contributed by atoms with Gasteiger partial charge < -0.3 is 5.11 Å². The van der Waals surface area contributed by atoms with Crippen LogP contribution in [0.15, 0.2) is 0 Å². The predicted octanol–water partition coefficient (Wildman–Crippen LogP) is 2.09. The Hall–Kier alpha value is 0.500. The van der Waals surface area contributed by atoms with E-state index in [1.54, 1.807) is 0 Å². The number of hydrogen-bond acceptors (Lipinski definition) is 2. The number of alkyl halides is 3. The van der Waals surface area contributed by atoms with Gasteiger partial charge in [0.25, 0.3) is 0 Å². The molecule has 0 heterocycles. The zero-order valence-electron chi connectivity index (χ0n) is 5.98. The van der Waals surface area contributed by atoms with Crippen molar-refractivity contribution >= 4 is 40.6 Å². The summed E-state index contributed by atoms with van der Waals surface area (Å²) in [6.45, 7) is 1.51. The molecule has 0 aromatic heterocycles. The highest BCUT2D eigenvalue weighted by Crippen LogP contribution is 2.30. The number of aliphatic hydroxyl groups is 1. The molecule has 0 aromatic carbocycles. The zero-order valence-corrected chi connectivity index (χ0v) is 8.25. The van der Waals surface area contributed by atoms with Crippen molar-refractivity contribution in [3.63, 3.8) is 0 Å². The Morgan fingerprint density at radius 2 is 2.00 bits per heavy atom. The van der Waals surface area contributed by atoms with E-state index in [2.05, 4.69) is 0 Å². The molecular formula is C6H9Cl3O2. The van der Waals surface area contributed by atoms with Crippen LogP contribution in [0.2, 0.25) is 0 Å². The first-order valence-corrected chi connectivity index (χ1v) is 4.21. The molecule has 1 atom stereocenters. The van der Waals surface area contributed by atoms with Gasteiger partial charge in [-0.3, -0.25) is 4.79 Å². The lowest BCUT2D eigenvalue weighted by Gasteiger charge is -2.09. The van der Waals surface area contributed by atoms with Gasteiger partial charge in [0.05, 0.1) is 12.5 Å². The van der Waals surface area contributed by atoms with E-state index in [1.807, 2.05) is 0 Å². The summed E-state index contributed by atoms with van der Waals surface area (Å²) in [5, 5.41) is 8.77. The van der Waals surface area contributed by atoms with Crippen molar-refractivity contribution in [1.82, 2.24) is 0 Å². The van der Waals surface area contributed by atoms with Gasteiger partial charge in [-0.05, 0) is 6.92 Å². The molecule has 66 valence electrons. The van der Waals surface area contributed by atoms with Gasteiger partial charge in [0.1, 0.15) is 5.78 Å². The topological polar surface area (TPSA) is 37.3 Å². The molecule has 0 rings (SSSR count). The second-order valence-corrected chi connectivity index (χ2v) is 4.90. The van der Waals surface area contributed by atoms with Gasteiger partial charge in [-0.2, -0.15) is 0 Å². The molecule has 1 N–H and O–H groups in total. The molecule has 0 radical (unpaired) electrons. The van der Waals surface area contributed by atoms with E-state index in [1.165, 1.54) is 6.92 Å². The first kappa shape index (κ1) is 11.5. The molecule has 11 heavy (non-hydrogen) atoms. The third-order valence-corrected chi connectivity index (χ3v) is 1.32. The van der Waals surface area contributed by atoms with Gasteiger partial charge in [-0.15, -0.1) is 0 Å². The largest absolute Gasteiger partial charge is 0.393 e. The number of halogens is 3. The van der Waals surface area contributed by atoms with Gasteiger partial charge >= 0.3 is 0 Å². The molecule has 0 spiro atoms. The number of rotatable bonds is 3. The van der Waals surface area contributed by atoms with Gasteiger partial charge in [0.15, 0.2) is 3.79 Å². The van der Waals surface area contributed by atoms with Crippen LogP contribution in [-0.2, 0) is 4.79 Å². The van der Waals surface area contributed by atoms with E-state index in [9.17, 15) is 4.79 Å². The monoisotopic (exact) mass is 218 g/mol. The Morgan fingerprint density at radius 1 is 1.55 bits per heavy atom. The van der Waals surface area contributed by atoms with Gasteiger partial charge in [0, 0.05) is 6.42 Å². The molecule has 0 aromatic rings. The van der Waals surface area contributed by atoms with E-state index >= 15 is 0 Å². The lowest BCUT2D eigenvalue weighted by Crippen LogP contribution is -2.15. The fraction of sp³-hybridized carbons (Fsp3) is 0.833. The Kier molecular flexibility index (Phi) is 4.71. The molecule has 0 aliphatic rings. The molecule has 5 heteroatoms. The third kappa shape index (κ3) is 8.41. The predicted molar refractivity (Wildman–Crippen MR) is 46.2 cm³/mol. The Labute approximate surface area is 80.4 Å². The molecule has 0 aliphatic heterocycles. The Bertz CT molecular complexity index is 139. The normalized spacial score (nSPS) is 14.6. The van der Waals surface area contributed by atoms with Crippen LogP contribution in [0, 0.1) is 0 Å². The highest BCUT2D eigenvalue weighted by Gasteiger charge is 2.24. The molecule has 0 bridgehead atoms. The van der Waals surface area contributed by atoms with Crippen molar-refractivity contribution in [3.05, 3.63) is 0 Å². The average molecular weight is 219 g/mol. The molecule has 2 nitrogen and oxygen atoms in total. The summed E-state index contributed by atoms with van der Waals surface area (Å²) in [6, 6.07) is 0. The van der Waals surface area contributed by atoms with Crippen molar-refractivity contribution in [2.24, 2.45) is 0 Å². The van der Waals surface area contributed by atoms with Crippen LogP contribution >= 0.6 is 34.8 Å². The number of hydrogen-bond donors (Lipinski definition) is 1. The smallest absolute Gasteiger partial charge is 0.197 e. The van der Waals surface area contributed by atoms with E-state index in [0.29, 0.717) is 0 Å². The standard InChI is InChI=1S/C6H9Cl3O2/c1-4(10)2-5(11)3-6(7,8)9/h4,10H,2-3H2,1H3. The highest BCUT2D eigenvalue weighted by atomic mass is 35.6. The van der Waals surface area contributed by atoms with Crippen molar-refractivity contribution in [2.45, 2.75) is 29.7 Å². The molecule has 0 amide bonds. The van der Waals surface area contributed by atoms with E-state index in [-0.39, 0.29) is 18.6 Å². The van der Waals surface area contributed by atoms with Crippen LogP contribution in [0.3, 0.4) is 0 Å². The molecule has 0 saturated carbocycles. The van der Waals surface area contributed by atoms with E-state index in [4.69, 9.17) is 39.9 Å².